The number of alkyl halides is 3. The summed E-state index contributed by atoms with van der Waals surface area (Å²) in [4.78, 5) is 13.7. The molecular formula is C14H16F3NO2S. The number of carboxylic acid groups (broad SMARTS) is 1. The molecule has 0 radical (unpaired) electrons. The average molecular weight is 319 g/mol. The van der Waals surface area contributed by atoms with Crippen LogP contribution in [0, 0.1) is 11.8 Å². The van der Waals surface area contributed by atoms with Gasteiger partial charge in [-0.3, -0.25) is 9.69 Å². The molecule has 0 amide bonds. The van der Waals surface area contributed by atoms with Crippen molar-refractivity contribution in [3.8, 4) is 0 Å². The van der Waals surface area contributed by atoms with E-state index in [0.29, 0.717) is 6.54 Å². The minimum atomic E-state index is -4.47. The minimum Gasteiger partial charge on any atom is -0.481 e. The van der Waals surface area contributed by atoms with Gasteiger partial charge in [-0.15, -0.1) is 11.8 Å². The van der Waals surface area contributed by atoms with E-state index < -0.39 is 24.0 Å². The van der Waals surface area contributed by atoms with E-state index in [0.717, 1.165) is 10.5 Å². The van der Waals surface area contributed by atoms with Gasteiger partial charge < -0.3 is 5.11 Å². The third kappa shape index (κ3) is 3.91. The Morgan fingerprint density at radius 1 is 1.33 bits per heavy atom. The van der Waals surface area contributed by atoms with Crippen LogP contribution in [0.4, 0.5) is 13.2 Å². The van der Waals surface area contributed by atoms with E-state index in [4.69, 9.17) is 5.11 Å². The van der Waals surface area contributed by atoms with Gasteiger partial charge in [-0.05, 0) is 24.0 Å². The first-order chi connectivity index (χ1) is 9.81. The predicted octanol–water partition coefficient (Wildman–Crippen LogP) is 3.10. The van der Waals surface area contributed by atoms with Crippen LogP contribution in [-0.4, -0.2) is 41.5 Å². The molecule has 0 saturated carbocycles. The first-order valence-electron chi connectivity index (χ1n) is 6.46. The summed E-state index contributed by atoms with van der Waals surface area (Å²) in [6, 6.07) is 7.54. The van der Waals surface area contributed by atoms with Crippen molar-refractivity contribution in [2.75, 3.05) is 19.3 Å². The van der Waals surface area contributed by atoms with E-state index in [1.807, 2.05) is 30.5 Å². The highest BCUT2D eigenvalue weighted by Gasteiger charge is 2.52. The third-order valence-corrected chi connectivity index (χ3v) is 4.44. The second-order valence-corrected chi connectivity index (χ2v) is 6.01. The fourth-order valence-electron chi connectivity index (χ4n) is 2.59. The van der Waals surface area contributed by atoms with Gasteiger partial charge in [0.15, 0.2) is 0 Å². The number of carbonyl (C=O) groups is 1. The van der Waals surface area contributed by atoms with Crippen LogP contribution in [0.15, 0.2) is 29.2 Å². The zero-order valence-corrected chi connectivity index (χ0v) is 12.2. The SMILES string of the molecule is CSc1ccc(CN2C[C@@H](C(F)(F)F)[C@H](C(=O)O)C2)cc1. The van der Waals surface area contributed by atoms with E-state index in [1.54, 1.807) is 16.7 Å². The Kier molecular flexibility index (Phi) is 4.83. The number of hydrogen-bond donors (Lipinski definition) is 1. The van der Waals surface area contributed by atoms with Gasteiger partial charge in [-0.1, -0.05) is 12.1 Å². The normalized spacial score (nSPS) is 23.4. The first-order valence-corrected chi connectivity index (χ1v) is 7.68. The van der Waals surface area contributed by atoms with Gasteiger partial charge in [0.05, 0.1) is 11.8 Å². The molecule has 0 aliphatic carbocycles. The molecule has 1 N–H and O–H groups in total. The Labute approximate surface area is 125 Å². The standard InChI is InChI=1S/C14H16F3NO2S/c1-21-10-4-2-9(3-5-10)6-18-7-11(13(19)20)12(8-18)14(15,16)17/h2-5,11-12H,6-8H2,1H3,(H,19,20)/t11-,12-/m1/s1. The van der Waals surface area contributed by atoms with E-state index in [9.17, 15) is 18.0 Å². The maximum atomic E-state index is 12.9. The van der Waals surface area contributed by atoms with Gasteiger partial charge in [0.2, 0.25) is 0 Å². The molecule has 2 rings (SSSR count). The monoisotopic (exact) mass is 319 g/mol. The molecule has 0 aromatic heterocycles. The molecule has 0 unspecified atom stereocenters. The number of benzene rings is 1. The van der Waals surface area contributed by atoms with Crippen LogP contribution in [0.1, 0.15) is 5.56 Å². The smallest absolute Gasteiger partial charge is 0.393 e. The second-order valence-electron chi connectivity index (χ2n) is 5.13. The molecule has 1 aliphatic heterocycles. The number of aliphatic carboxylic acids is 1. The second kappa shape index (κ2) is 6.27. The number of carboxylic acids is 1. The Morgan fingerprint density at radius 2 is 1.95 bits per heavy atom. The van der Waals surface area contributed by atoms with Gasteiger partial charge in [0, 0.05) is 24.5 Å². The number of nitrogens with zero attached hydrogens (tertiary/aromatic N) is 1. The summed E-state index contributed by atoms with van der Waals surface area (Å²) < 4.78 is 38.7. The van der Waals surface area contributed by atoms with E-state index in [1.165, 1.54) is 0 Å². The molecule has 2 atom stereocenters. The van der Waals surface area contributed by atoms with Crippen molar-refractivity contribution in [3.63, 3.8) is 0 Å². The number of rotatable bonds is 4. The lowest BCUT2D eigenvalue weighted by molar-refractivity contribution is -0.188. The zero-order valence-electron chi connectivity index (χ0n) is 11.4. The van der Waals surface area contributed by atoms with Crippen LogP contribution < -0.4 is 0 Å². The van der Waals surface area contributed by atoms with Crippen LogP contribution in [0.5, 0.6) is 0 Å². The summed E-state index contributed by atoms with van der Waals surface area (Å²) in [7, 11) is 0. The maximum Gasteiger partial charge on any atom is 0.393 e. The average Bonchev–Trinajstić information content (AvgIpc) is 2.84. The van der Waals surface area contributed by atoms with Crippen LogP contribution in [0.2, 0.25) is 0 Å². The van der Waals surface area contributed by atoms with Gasteiger partial charge >= 0.3 is 12.1 Å². The lowest BCUT2D eigenvalue weighted by Gasteiger charge is -2.18. The van der Waals surface area contributed by atoms with Gasteiger partial charge in [0.25, 0.3) is 0 Å². The molecule has 1 saturated heterocycles. The summed E-state index contributed by atoms with van der Waals surface area (Å²) in [5, 5.41) is 8.97. The minimum absolute atomic E-state index is 0.0657. The molecule has 7 heteroatoms. The highest BCUT2D eigenvalue weighted by Crippen LogP contribution is 2.38. The fraction of sp³-hybridized carbons (Fsp3) is 0.500. The molecule has 116 valence electrons. The Bertz CT molecular complexity index is 504. The molecule has 0 bridgehead atoms. The van der Waals surface area contributed by atoms with Crippen LogP contribution in [0.25, 0.3) is 0 Å². The maximum absolute atomic E-state index is 12.9. The van der Waals surface area contributed by atoms with Crippen molar-refractivity contribution >= 4 is 17.7 Å². The zero-order chi connectivity index (χ0) is 15.6. The van der Waals surface area contributed by atoms with E-state index in [-0.39, 0.29) is 13.1 Å². The first kappa shape index (κ1) is 16.2. The van der Waals surface area contributed by atoms with Gasteiger partial charge in [-0.2, -0.15) is 13.2 Å². The van der Waals surface area contributed by atoms with Crippen LogP contribution in [0.3, 0.4) is 0 Å². The third-order valence-electron chi connectivity index (χ3n) is 3.70. The largest absolute Gasteiger partial charge is 0.481 e. The topological polar surface area (TPSA) is 40.5 Å². The van der Waals surface area contributed by atoms with Crippen molar-refractivity contribution < 1.29 is 23.1 Å². The Balaban J connectivity index is 2.06. The van der Waals surface area contributed by atoms with E-state index in [2.05, 4.69) is 0 Å². The Hall–Kier alpha value is -1.21. The molecule has 1 aromatic rings. The summed E-state index contributed by atoms with van der Waals surface area (Å²) in [5.41, 5.74) is 0.889. The molecule has 3 nitrogen and oxygen atoms in total. The summed E-state index contributed by atoms with van der Waals surface area (Å²) >= 11 is 1.59. The number of halogens is 3. The Morgan fingerprint density at radius 3 is 2.38 bits per heavy atom. The molecule has 1 aliphatic rings. The van der Waals surface area contributed by atoms with Crippen molar-refractivity contribution in [2.24, 2.45) is 11.8 Å². The predicted molar refractivity (Wildman–Crippen MR) is 74.2 cm³/mol. The number of likely N-dealkylation sites (tertiary alicyclic amines) is 1. The molecule has 1 aromatic carbocycles. The highest BCUT2D eigenvalue weighted by molar-refractivity contribution is 7.98. The highest BCUT2D eigenvalue weighted by atomic mass is 32.2. The van der Waals surface area contributed by atoms with Crippen molar-refractivity contribution in [1.82, 2.24) is 4.90 Å². The van der Waals surface area contributed by atoms with Crippen LogP contribution in [-0.2, 0) is 11.3 Å². The van der Waals surface area contributed by atoms with E-state index >= 15 is 0 Å². The molecule has 1 heterocycles. The van der Waals surface area contributed by atoms with Crippen molar-refractivity contribution in [1.29, 1.82) is 0 Å². The quantitative estimate of drug-likeness (QED) is 0.866. The number of hydrogen-bond acceptors (Lipinski definition) is 3. The summed E-state index contributed by atoms with van der Waals surface area (Å²) in [6.45, 7) is 0.0134. The van der Waals surface area contributed by atoms with Crippen molar-refractivity contribution in [2.45, 2.75) is 17.6 Å². The molecule has 1 fully saturated rings. The molecule has 21 heavy (non-hydrogen) atoms. The number of thioether (sulfide) groups is 1. The molecule has 0 spiro atoms. The van der Waals surface area contributed by atoms with Crippen molar-refractivity contribution in [3.05, 3.63) is 29.8 Å². The van der Waals surface area contributed by atoms with Gasteiger partial charge in [-0.25, -0.2) is 0 Å². The summed E-state index contributed by atoms with van der Waals surface area (Å²) in [6.07, 6.45) is -2.53. The lowest BCUT2D eigenvalue weighted by Crippen LogP contribution is -2.33. The lowest BCUT2D eigenvalue weighted by atomic mass is 9.96. The molecular weight excluding hydrogens is 303 g/mol. The summed E-state index contributed by atoms with van der Waals surface area (Å²) in [5.74, 6) is -4.55. The van der Waals surface area contributed by atoms with Crippen LogP contribution >= 0.6 is 11.8 Å². The van der Waals surface area contributed by atoms with Gasteiger partial charge in [0.1, 0.15) is 0 Å². The fourth-order valence-corrected chi connectivity index (χ4v) is 2.99.